The zero-order valence-electron chi connectivity index (χ0n) is 12.4. The van der Waals surface area contributed by atoms with Gasteiger partial charge in [0, 0.05) is 36.2 Å². The summed E-state index contributed by atoms with van der Waals surface area (Å²) in [7, 11) is 0. The molecule has 0 spiro atoms. The molecule has 0 radical (unpaired) electrons. The largest absolute Gasteiger partial charge is 0.481 e. The van der Waals surface area contributed by atoms with Crippen LogP contribution in [0.5, 0.6) is 0 Å². The van der Waals surface area contributed by atoms with Crippen molar-refractivity contribution >= 4 is 39.4 Å². The van der Waals surface area contributed by atoms with E-state index in [0.29, 0.717) is 19.5 Å². The molecule has 3 rings (SSSR count). The second-order valence-corrected chi connectivity index (χ2v) is 6.91. The third kappa shape index (κ3) is 3.24. The first kappa shape index (κ1) is 16.0. The van der Waals surface area contributed by atoms with Gasteiger partial charge in [-0.15, -0.1) is 0 Å². The normalized spacial score (nSPS) is 24.3. The van der Waals surface area contributed by atoms with Gasteiger partial charge in [-0.2, -0.15) is 0 Å². The van der Waals surface area contributed by atoms with E-state index in [1.165, 1.54) is 0 Å². The van der Waals surface area contributed by atoms with Gasteiger partial charge >= 0.3 is 5.97 Å². The van der Waals surface area contributed by atoms with E-state index in [1.807, 2.05) is 24.3 Å². The van der Waals surface area contributed by atoms with Crippen molar-refractivity contribution in [3.05, 3.63) is 28.7 Å². The molecule has 2 heterocycles. The molecule has 1 N–H and O–H groups in total. The number of hydrogen-bond acceptors (Lipinski definition) is 3. The molecule has 23 heavy (non-hydrogen) atoms. The number of rotatable bonds is 3. The van der Waals surface area contributed by atoms with E-state index in [0.717, 1.165) is 10.2 Å². The smallest absolute Gasteiger partial charge is 0.308 e. The van der Waals surface area contributed by atoms with Crippen LogP contribution in [-0.4, -0.2) is 47.4 Å². The summed E-state index contributed by atoms with van der Waals surface area (Å²) in [5.74, 6) is -1.93. The maximum atomic E-state index is 12.5. The third-order valence-electron chi connectivity index (χ3n) is 4.44. The molecule has 2 aliphatic rings. The van der Waals surface area contributed by atoms with E-state index in [-0.39, 0.29) is 24.8 Å². The average Bonchev–Trinajstić information content (AvgIpc) is 3.13. The zero-order valence-corrected chi connectivity index (χ0v) is 14.0. The number of halogens is 1. The highest BCUT2D eigenvalue weighted by molar-refractivity contribution is 9.10. The standard InChI is InChI=1S/C16H17BrN2O4/c17-12-2-1-3-13(7-12)19-9-11(6-14(19)20)15(21)18-5-4-10(8-18)16(22)23/h1-3,7,10-11H,4-6,8-9H2,(H,22,23)/t10-,11-/m0/s1. The Kier molecular flexibility index (Phi) is 4.39. The molecule has 2 aliphatic heterocycles. The van der Waals surface area contributed by atoms with Gasteiger partial charge in [0.15, 0.2) is 0 Å². The predicted octanol–water partition coefficient (Wildman–Crippen LogP) is 1.74. The lowest BCUT2D eigenvalue weighted by Crippen LogP contribution is -2.36. The molecular formula is C16H17BrN2O4. The number of anilines is 1. The van der Waals surface area contributed by atoms with Crippen LogP contribution in [0.1, 0.15) is 12.8 Å². The van der Waals surface area contributed by atoms with Gasteiger partial charge in [0.05, 0.1) is 11.8 Å². The van der Waals surface area contributed by atoms with Crippen molar-refractivity contribution in [2.45, 2.75) is 12.8 Å². The van der Waals surface area contributed by atoms with Crippen LogP contribution in [0.4, 0.5) is 5.69 Å². The van der Waals surface area contributed by atoms with Crippen LogP contribution < -0.4 is 4.90 Å². The summed E-state index contributed by atoms with van der Waals surface area (Å²) in [6, 6.07) is 7.41. The Hall–Kier alpha value is -1.89. The van der Waals surface area contributed by atoms with Crippen molar-refractivity contribution in [2.75, 3.05) is 24.5 Å². The van der Waals surface area contributed by atoms with E-state index in [9.17, 15) is 14.4 Å². The van der Waals surface area contributed by atoms with Crippen molar-refractivity contribution in [3.8, 4) is 0 Å². The Morgan fingerprint density at radius 2 is 2.00 bits per heavy atom. The van der Waals surface area contributed by atoms with Gasteiger partial charge in [0.25, 0.3) is 0 Å². The minimum absolute atomic E-state index is 0.0737. The van der Waals surface area contributed by atoms with E-state index >= 15 is 0 Å². The van der Waals surface area contributed by atoms with Gasteiger partial charge in [-0.1, -0.05) is 22.0 Å². The summed E-state index contributed by atoms with van der Waals surface area (Å²) >= 11 is 3.38. The molecule has 0 saturated carbocycles. The van der Waals surface area contributed by atoms with Gasteiger partial charge < -0.3 is 14.9 Å². The number of amides is 2. The number of carboxylic acids is 1. The maximum absolute atomic E-state index is 12.5. The van der Waals surface area contributed by atoms with Gasteiger partial charge in [0.1, 0.15) is 0 Å². The number of carbonyl (C=O) groups is 3. The summed E-state index contributed by atoms with van der Waals surface area (Å²) in [5, 5.41) is 9.03. The van der Waals surface area contributed by atoms with E-state index in [2.05, 4.69) is 15.9 Å². The predicted molar refractivity (Wildman–Crippen MR) is 86.9 cm³/mol. The topological polar surface area (TPSA) is 77.9 Å². The Labute approximate surface area is 142 Å². The summed E-state index contributed by atoms with van der Waals surface area (Å²) < 4.78 is 0.876. The van der Waals surface area contributed by atoms with Crippen LogP contribution in [0.2, 0.25) is 0 Å². The highest BCUT2D eigenvalue weighted by atomic mass is 79.9. The molecule has 7 heteroatoms. The molecule has 122 valence electrons. The average molecular weight is 381 g/mol. The monoisotopic (exact) mass is 380 g/mol. The SMILES string of the molecule is O=C(O)[C@H]1CCN(C(=O)[C@H]2CC(=O)N(c3cccc(Br)c3)C2)C1. The van der Waals surface area contributed by atoms with E-state index in [1.54, 1.807) is 9.80 Å². The number of benzene rings is 1. The molecule has 0 bridgehead atoms. The van der Waals surface area contributed by atoms with Crippen molar-refractivity contribution in [2.24, 2.45) is 11.8 Å². The van der Waals surface area contributed by atoms with Crippen molar-refractivity contribution < 1.29 is 19.5 Å². The first-order valence-electron chi connectivity index (χ1n) is 7.53. The van der Waals surface area contributed by atoms with Crippen LogP contribution >= 0.6 is 15.9 Å². The lowest BCUT2D eigenvalue weighted by molar-refractivity contribution is -0.141. The van der Waals surface area contributed by atoms with Crippen LogP contribution in [-0.2, 0) is 14.4 Å². The van der Waals surface area contributed by atoms with Gasteiger partial charge in [-0.25, -0.2) is 0 Å². The Bertz CT molecular complexity index is 663. The first-order valence-corrected chi connectivity index (χ1v) is 8.32. The maximum Gasteiger partial charge on any atom is 0.308 e. The molecule has 1 aromatic carbocycles. The number of carbonyl (C=O) groups excluding carboxylic acids is 2. The van der Waals surface area contributed by atoms with E-state index in [4.69, 9.17) is 5.11 Å². The lowest BCUT2D eigenvalue weighted by atomic mass is 10.1. The Balaban J connectivity index is 1.68. The summed E-state index contributed by atoms with van der Waals surface area (Å²) in [5.41, 5.74) is 0.768. The lowest BCUT2D eigenvalue weighted by Gasteiger charge is -2.21. The van der Waals surface area contributed by atoms with Crippen LogP contribution in [0.15, 0.2) is 28.7 Å². The number of aliphatic carboxylic acids is 1. The van der Waals surface area contributed by atoms with Gasteiger partial charge in [0.2, 0.25) is 11.8 Å². The van der Waals surface area contributed by atoms with Gasteiger partial charge in [-0.3, -0.25) is 14.4 Å². The molecule has 0 aliphatic carbocycles. The third-order valence-corrected chi connectivity index (χ3v) is 4.94. The van der Waals surface area contributed by atoms with Crippen LogP contribution in [0.25, 0.3) is 0 Å². The molecule has 2 atom stereocenters. The van der Waals surface area contributed by atoms with E-state index < -0.39 is 17.8 Å². The quantitative estimate of drug-likeness (QED) is 0.865. The summed E-state index contributed by atoms with van der Waals surface area (Å²) in [4.78, 5) is 39.0. The minimum atomic E-state index is -0.862. The minimum Gasteiger partial charge on any atom is -0.481 e. The van der Waals surface area contributed by atoms with Crippen molar-refractivity contribution in [3.63, 3.8) is 0 Å². The highest BCUT2D eigenvalue weighted by Gasteiger charge is 2.40. The number of likely N-dealkylation sites (tertiary alicyclic amines) is 1. The summed E-state index contributed by atoms with van der Waals surface area (Å²) in [6.45, 7) is 1.05. The van der Waals surface area contributed by atoms with Crippen LogP contribution in [0.3, 0.4) is 0 Å². The fourth-order valence-electron chi connectivity index (χ4n) is 3.19. The summed E-state index contributed by atoms with van der Waals surface area (Å²) in [6.07, 6.45) is 0.663. The first-order chi connectivity index (χ1) is 11.0. The Morgan fingerprint density at radius 3 is 2.65 bits per heavy atom. The molecule has 2 fully saturated rings. The molecule has 1 aromatic rings. The van der Waals surface area contributed by atoms with Crippen LogP contribution in [0, 0.1) is 11.8 Å². The highest BCUT2D eigenvalue weighted by Crippen LogP contribution is 2.29. The molecule has 0 aromatic heterocycles. The molecule has 6 nitrogen and oxygen atoms in total. The molecule has 2 saturated heterocycles. The fraction of sp³-hybridized carbons (Fsp3) is 0.438. The Morgan fingerprint density at radius 1 is 1.22 bits per heavy atom. The number of nitrogens with zero attached hydrogens (tertiary/aromatic N) is 2. The number of hydrogen-bond donors (Lipinski definition) is 1. The van der Waals surface area contributed by atoms with Crippen molar-refractivity contribution in [1.82, 2.24) is 4.90 Å². The molecule has 0 unspecified atom stereocenters. The zero-order chi connectivity index (χ0) is 16.6. The van der Waals surface area contributed by atoms with Gasteiger partial charge in [-0.05, 0) is 24.6 Å². The molecule has 2 amide bonds. The van der Waals surface area contributed by atoms with Crippen molar-refractivity contribution in [1.29, 1.82) is 0 Å². The number of carboxylic acid groups (broad SMARTS) is 1. The second-order valence-electron chi connectivity index (χ2n) is 5.99. The second kappa shape index (κ2) is 6.31. The molecular weight excluding hydrogens is 364 g/mol. The fourth-order valence-corrected chi connectivity index (χ4v) is 3.57.